The van der Waals surface area contributed by atoms with E-state index in [1.807, 2.05) is 4.90 Å². The smallest absolute Gasteiger partial charge is 0.323 e. The molecule has 1 aromatic heterocycles. The topological polar surface area (TPSA) is 89.6 Å². The molecule has 8 nitrogen and oxygen atoms in total. The lowest BCUT2D eigenvalue weighted by Gasteiger charge is -2.26. The highest BCUT2D eigenvalue weighted by Gasteiger charge is 2.25. The van der Waals surface area contributed by atoms with Gasteiger partial charge in [0, 0.05) is 25.7 Å². The number of aromatic nitrogens is 3. The molecule has 1 aliphatic heterocycles. The number of likely N-dealkylation sites (N-methyl/N-ethyl adjacent to an activating group) is 1. The summed E-state index contributed by atoms with van der Waals surface area (Å²) in [6, 6.07) is 1.02. The Morgan fingerprint density at radius 2 is 2.05 bits per heavy atom. The van der Waals surface area contributed by atoms with E-state index in [-0.39, 0.29) is 5.95 Å². The minimum absolute atomic E-state index is 0.192. The molecular formula is C13H22N6O2. The van der Waals surface area contributed by atoms with Crippen LogP contribution in [-0.2, 0) is 4.74 Å². The number of hydrogen-bond acceptors (Lipinski definition) is 8. The van der Waals surface area contributed by atoms with E-state index in [9.17, 15) is 0 Å². The second kappa shape index (κ2) is 6.40. The Labute approximate surface area is 124 Å². The zero-order valence-electron chi connectivity index (χ0n) is 12.4. The Morgan fingerprint density at radius 3 is 2.76 bits per heavy atom. The third-order valence-corrected chi connectivity index (χ3v) is 3.76. The lowest BCUT2D eigenvalue weighted by molar-refractivity contribution is 0.122. The molecular weight excluding hydrogens is 272 g/mol. The van der Waals surface area contributed by atoms with Gasteiger partial charge in [-0.05, 0) is 19.9 Å². The first-order valence-electron chi connectivity index (χ1n) is 7.39. The van der Waals surface area contributed by atoms with E-state index < -0.39 is 0 Å². The fourth-order valence-corrected chi connectivity index (χ4v) is 2.31. The van der Waals surface area contributed by atoms with Crippen molar-refractivity contribution in [2.24, 2.45) is 0 Å². The summed E-state index contributed by atoms with van der Waals surface area (Å²) in [5, 5.41) is 0. The van der Waals surface area contributed by atoms with E-state index in [0.717, 1.165) is 25.7 Å². The van der Waals surface area contributed by atoms with Crippen LogP contribution in [0.4, 0.5) is 11.9 Å². The Kier molecular flexibility index (Phi) is 4.35. The third-order valence-electron chi connectivity index (χ3n) is 3.76. The van der Waals surface area contributed by atoms with Gasteiger partial charge in [0.2, 0.25) is 11.9 Å². The van der Waals surface area contributed by atoms with Crippen molar-refractivity contribution < 1.29 is 9.47 Å². The molecule has 2 aliphatic rings. The lowest BCUT2D eigenvalue weighted by Crippen LogP contribution is -2.37. The highest BCUT2D eigenvalue weighted by atomic mass is 16.5. The molecule has 2 heterocycles. The molecule has 0 aromatic carbocycles. The first-order valence-corrected chi connectivity index (χ1v) is 7.39. The highest BCUT2D eigenvalue weighted by Crippen LogP contribution is 2.24. The van der Waals surface area contributed by atoms with E-state index >= 15 is 0 Å². The van der Waals surface area contributed by atoms with Crippen LogP contribution < -0.4 is 15.4 Å². The molecule has 8 heteroatoms. The van der Waals surface area contributed by atoms with E-state index in [2.05, 4.69) is 26.9 Å². The summed E-state index contributed by atoms with van der Waals surface area (Å²) in [5.41, 5.74) is 5.75. The van der Waals surface area contributed by atoms with Crippen LogP contribution in [0.3, 0.4) is 0 Å². The average Bonchev–Trinajstić information content (AvgIpc) is 3.32. The minimum Gasteiger partial charge on any atom is -0.462 e. The van der Waals surface area contributed by atoms with Crippen LogP contribution in [0.15, 0.2) is 0 Å². The van der Waals surface area contributed by atoms with Crippen molar-refractivity contribution in [3.05, 3.63) is 0 Å². The molecule has 1 saturated heterocycles. The van der Waals surface area contributed by atoms with E-state index in [1.165, 1.54) is 12.8 Å². The summed E-state index contributed by atoms with van der Waals surface area (Å²) in [6.45, 7) is 4.28. The van der Waals surface area contributed by atoms with Crippen molar-refractivity contribution >= 4 is 11.9 Å². The molecule has 2 fully saturated rings. The van der Waals surface area contributed by atoms with Gasteiger partial charge in [-0.1, -0.05) is 0 Å². The lowest BCUT2D eigenvalue weighted by atomic mass is 10.4. The van der Waals surface area contributed by atoms with Crippen molar-refractivity contribution in [1.82, 2.24) is 19.9 Å². The van der Waals surface area contributed by atoms with Gasteiger partial charge in [0.1, 0.15) is 6.61 Å². The fraction of sp³-hybridized carbons (Fsp3) is 0.769. The maximum absolute atomic E-state index is 5.75. The van der Waals surface area contributed by atoms with E-state index in [0.29, 0.717) is 31.8 Å². The van der Waals surface area contributed by atoms with Gasteiger partial charge in [-0.3, -0.25) is 0 Å². The Bertz CT molecular complexity index is 476. The maximum Gasteiger partial charge on any atom is 0.323 e. The van der Waals surface area contributed by atoms with Crippen molar-refractivity contribution in [2.75, 3.05) is 57.1 Å². The van der Waals surface area contributed by atoms with Crippen molar-refractivity contribution in [1.29, 1.82) is 0 Å². The van der Waals surface area contributed by atoms with Gasteiger partial charge >= 0.3 is 6.01 Å². The van der Waals surface area contributed by atoms with Crippen molar-refractivity contribution in [3.8, 4) is 6.01 Å². The van der Waals surface area contributed by atoms with Crippen LogP contribution in [0.25, 0.3) is 0 Å². The van der Waals surface area contributed by atoms with Gasteiger partial charge in [0.15, 0.2) is 0 Å². The van der Waals surface area contributed by atoms with E-state index in [1.54, 1.807) is 0 Å². The fourth-order valence-electron chi connectivity index (χ4n) is 2.31. The normalized spacial score (nSPS) is 19.0. The zero-order valence-corrected chi connectivity index (χ0v) is 12.4. The van der Waals surface area contributed by atoms with Crippen LogP contribution >= 0.6 is 0 Å². The van der Waals surface area contributed by atoms with Crippen LogP contribution in [0.5, 0.6) is 6.01 Å². The molecule has 0 bridgehead atoms. The molecule has 1 aromatic rings. The number of ether oxygens (including phenoxy) is 2. The van der Waals surface area contributed by atoms with Crippen LogP contribution in [0.1, 0.15) is 12.8 Å². The second-order valence-corrected chi connectivity index (χ2v) is 5.44. The zero-order chi connectivity index (χ0) is 14.7. The van der Waals surface area contributed by atoms with Gasteiger partial charge in [0.05, 0.1) is 13.2 Å². The molecule has 3 rings (SSSR count). The maximum atomic E-state index is 5.75. The Morgan fingerprint density at radius 1 is 1.29 bits per heavy atom. The first kappa shape index (κ1) is 14.3. The third kappa shape index (κ3) is 3.92. The first-order chi connectivity index (χ1) is 10.2. The number of rotatable bonds is 6. The molecule has 2 N–H and O–H groups in total. The molecule has 0 spiro atoms. The van der Waals surface area contributed by atoms with Crippen molar-refractivity contribution in [2.45, 2.75) is 18.9 Å². The molecule has 21 heavy (non-hydrogen) atoms. The second-order valence-electron chi connectivity index (χ2n) is 5.44. The minimum atomic E-state index is 0.192. The van der Waals surface area contributed by atoms with Crippen LogP contribution in [0, 0.1) is 0 Å². The number of nitrogens with zero attached hydrogens (tertiary/aromatic N) is 5. The van der Waals surface area contributed by atoms with Gasteiger partial charge < -0.3 is 25.0 Å². The largest absolute Gasteiger partial charge is 0.462 e. The van der Waals surface area contributed by atoms with Gasteiger partial charge in [-0.15, -0.1) is 0 Å². The van der Waals surface area contributed by atoms with Gasteiger partial charge in [-0.2, -0.15) is 15.0 Å². The van der Waals surface area contributed by atoms with Crippen LogP contribution in [0.2, 0.25) is 0 Å². The summed E-state index contributed by atoms with van der Waals surface area (Å²) in [6.07, 6.45) is 2.58. The quantitative estimate of drug-likeness (QED) is 0.769. The Balaban J connectivity index is 1.57. The number of nitrogen functional groups attached to an aromatic ring is 1. The number of morpholine rings is 1. The molecule has 0 unspecified atom stereocenters. The number of anilines is 2. The molecule has 0 atom stereocenters. The summed E-state index contributed by atoms with van der Waals surface area (Å²) >= 11 is 0. The SMILES string of the molecule is CN(CCOc1nc(N)nc(N2CCOCC2)n1)C1CC1. The summed E-state index contributed by atoms with van der Waals surface area (Å²) in [7, 11) is 2.11. The molecule has 116 valence electrons. The predicted octanol–water partition coefficient (Wildman–Crippen LogP) is -0.237. The molecule has 1 saturated carbocycles. The van der Waals surface area contributed by atoms with Crippen molar-refractivity contribution in [3.63, 3.8) is 0 Å². The summed E-state index contributed by atoms with van der Waals surface area (Å²) in [4.78, 5) is 16.9. The standard InChI is InChI=1S/C13H22N6O2/c1-18(10-2-3-10)4-9-21-13-16-11(14)15-12(17-13)19-5-7-20-8-6-19/h10H,2-9H2,1H3,(H2,14,15,16,17). The molecule has 0 radical (unpaired) electrons. The molecule has 0 amide bonds. The summed E-state index contributed by atoms with van der Waals surface area (Å²) in [5.74, 6) is 0.758. The summed E-state index contributed by atoms with van der Waals surface area (Å²) < 4.78 is 10.9. The average molecular weight is 294 g/mol. The molecule has 1 aliphatic carbocycles. The van der Waals surface area contributed by atoms with E-state index in [4.69, 9.17) is 15.2 Å². The highest BCUT2D eigenvalue weighted by molar-refractivity contribution is 5.36. The Hall–Kier alpha value is -1.67. The number of nitrogens with two attached hydrogens (primary N) is 1. The van der Waals surface area contributed by atoms with Gasteiger partial charge in [-0.25, -0.2) is 0 Å². The monoisotopic (exact) mass is 294 g/mol. The van der Waals surface area contributed by atoms with Gasteiger partial charge in [0.25, 0.3) is 0 Å². The number of hydrogen-bond donors (Lipinski definition) is 1. The predicted molar refractivity (Wildman–Crippen MR) is 78.4 cm³/mol. The van der Waals surface area contributed by atoms with Crippen LogP contribution in [-0.4, -0.2) is 72.4 Å².